The molecule has 0 aliphatic heterocycles. The number of non-ortho nitro benzene ring substituents is 2. The number of carboxylic acid groups (broad SMARTS) is 1. The van der Waals surface area contributed by atoms with Gasteiger partial charge in [-0.15, -0.1) is 0 Å². The van der Waals surface area contributed by atoms with Crippen molar-refractivity contribution in [2.45, 2.75) is 26.2 Å². The monoisotopic (exact) mass is 578 g/mol. The van der Waals surface area contributed by atoms with Gasteiger partial charge in [0.1, 0.15) is 5.39 Å². The van der Waals surface area contributed by atoms with Crippen LogP contribution >= 0.6 is 0 Å². The maximum Gasteiger partial charge on any atom is 0.386 e. The van der Waals surface area contributed by atoms with Gasteiger partial charge in [0.2, 0.25) is 0 Å². The van der Waals surface area contributed by atoms with Gasteiger partial charge in [-0.1, -0.05) is 45.0 Å². The third-order valence-corrected chi connectivity index (χ3v) is 7.64. The molecule has 0 saturated carbocycles. The lowest BCUT2D eigenvalue weighted by molar-refractivity contribution is -0.390. The minimum atomic E-state index is -1.29. The van der Waals surface area contributed by atoms with Gasteiger partial charge in [0, 0.05) is 22.9 Å². The third kappa shape index (κ3) is 4.29. The molecule has 1 N–H and O–H groups in total. The van der Waals surface area contributed by atoms with Gasteiger partial charge < -0.3 is 5.11 Å². The Morgan fingerprint density at radius 1 is 0.651 bits per heavy atom. The van der Waals surface area contributed by atoms with E-state index in [4.69, 9.17) is 9.78 Å². The maximum absolute atomic E-state index is 13.3. The molecule has 0 radical (unpaired) electrons. The van der Waals surface area contributed by atoms with Crippen LogP contribution in [0.2, 0.25) is 0 Å². The van der Waals surface area contributed by atoms with Crippen LogP contribution in [0.3, 0.4) is 0 Å². The molecule has 0 aromatic heterocycles. The molecule has 0 amide bonds. The fourth-order valence-electron chi connectivity index (χ4n) is 5.65. The molecule has 0 unspecified atom stereocenters. The normalized spacial score (nSPS) is 11.8. The molecular formula is C32H22N2O9. The van der Waals surface area contributed by atoms with Crippen LogP contribution in [-0.2, 0) is 10.3 Å². The molecule has 6 rings (SSSR count). The van der Waals surface area contributed by atoms with Crippen LogP contribution in [-0.4, -0.2) is 26.9 Å². The number of carbonyl (C=O) groups excluding carboxylic acids is 1. The first kappa shape index (κ1) is 27.3. The standard InChI is InChI=1S/C32H22N2O9/c1-32(2,3)16-4-6-17(7-5-16)42-43-31(37)23-11-9-19-21-13-15-25(34(40)41)29-24(33(38)39)14-12-20(27(21)29)18-8-10-22(30(35)36)28(23)26(18)19/h4-15H,1-3H3,(H,35,36). The highest BCUT2D eigenvalue weighted by atomic mass is 17.2. The highest BCUT2D eigenvalue weighted by molar-refractivity contribution is 6.37. The van der Waals surface area contributed by atoms with E-state index >= 15 is 0 Å². The van der Waals surface area contributed by atoms with Crippen LogP contribution in [0.5, 0.6) is 5.75 Å². The summed E-state index contributed by atoms with van der Waals surface area (Å²) in [5.41, 5.74) is -0.154. The number of hydrogen-bond acceptors (Lipinski definition) is 8. The van der Waals surface area contributed by atoms with Gasteiger partial charge in [0.15, 0.2) is 5.75 Å². The largest absolute Gasteiger partial charge is 0.478 e. The molecule has 0 heterocycles. The zero-order valence-electron chi connectivity index (χ0n) is 23.0. The Morgan fingerprint density at radius 2 is 1.12 bits per heavy atom. The van der Waals surface area contributed by atoms with Crippen molar-refractivity contribution in [1.82, 2.24) is 0 Å². The number of carboxylic acids is 1. The quantitative estimate of drug-likeness (QED) is 0.0686. The fourth-order valence-corrected chi connectivity index (χ4v) is 5.65. The molecule has 0 bridgehead atoms. The van der Waals surface area contributed by atoms with E-state index in [0.29, 0.717) is 26.9 Å². The van der Waals surface area contributed by atoms with Gasteiger partial charge in [-0.3, -0.25) is 25.1 Å². The van der Waals surface area contributed by atoms with Crippen LogP contribution in [0.4, 0.5) is 11.4 Å². The van der Waals surface area contributed by atoms with E-state index in [1.165, 1.54) is 42.5 Å². The van der Waals surface area contributed by atoms with Crippen molar-refractivity contribution in [3.8, 4) is 5.75 Å². The number of benzene rings is 6. The summed E-state index contributed by atoms with van der Waals surface area (Å²) in [6, 6.07) is 18.1. The number of nitro benzene ring substituents is 2. The van der Waals surface area contributed by atoms with Crippen LogP contribution in [0, 0.1) is 20.2 Å². The van der Waals surface area contributed by atoms with E-state index in [2.05, 4.69) is 20.8 Å². The predicted octanol–water partition coefficient (Wildman–Crippen LogP) is 7.70. The third-order valence-electron chi connectivity index (χ3n) is 7.64. The lowest BCUT2D eigenvalue weighted by atomic mass is 9.86. The fraction of sp³-hybridized carbons (Fsp3) is 0.125. The smallest absolute Gasteiger partial charge is 0.386 e. The molecule has 214 valence electrons. The molecule has 0 spiro atoms. The van der Waals surface area contributed by atoms with Gasteiger partial charge in [-0.05, 0) is 74.3 Å². The second kappa shape index (κ2) is 9.62. The summed E-state index contributed by atoms with van der Waals surface area (Å²) in [5, 5.41) is 36.2. The van der Waals surface area contributed by atoms with E-state index in [1.807, 2.05) is 12.1 Å². The Kier molecular flexibility index (Phi) is 6.12. The lowest BCUT2D eigenvalue weighted by Gasteiger charge is -2.19. The van der Waals surface area contributed by atoms with Gasteiger partial charge in [0.05, 0.1) is 21.0 Å². The van der Waals surface area contributed by atoms with E-state index in [1.54, 1.807) is 18.2 Å². The SMILES string of the molecule is CC(C)(C)c1ccc(OOC(=O)c2ccc3c4ccc([N+](=O)[O-])c5c([N+](=O)[O-])ccc(c6ccc(C(=O)O)c2c63)c54)cc1. The zero-order valence-corrected chi connectivity index (χ0v) is 23.0. The molecule has 0 fully saturated rings. The summed E-state index contributed by atoms with van der Waals surface area (Å²) in [7, 11) is 0. The average Bonchev–Trinajstić information content (AvgIpc) is 2.97. The molecule has 11 nitrogen and oxygen atoms in total. The Labute approximate surface area is 242 Å². The van der Waals surface area contributed by atoms with Crippen molar-refractivity contribution in [1.29, 1.82) is 0 Å². The number of nitrogens with zero attached hydrogens (tertiary/aromatic N) is 2. The van der Waals surface area contributed by atoms with Crippen molar-refractivity contribution in [3.05, 3.63) is 110 Å². The highest BCUT2D eigenvalue weighted by Gasteiger charge is 2.29. The summed E-state index contributed by atoms with van der Waals surface area (Å²) < 4.78 is 0. The van der Waals surface area contributed by atoms with E-state index < -0.39 is 33.2 Å². The Bertz CT molecular complexity index is 2100. The van der Waals surface area contributed by atoms with Crippen LogP contribution in [0.25, 0.3) is 43.1 Å². The molecule has 6 aromatic rings. The summed E-state index contributed by atoms with van der Waals surface area (Å²) >= 11 is 0. The number of hydrogen-bond donors (Lipinski definition) is 1. The molecular weight excluding hydrogens is 556 g/mol. The second-order valence-corrected chi connectivity index (χ2v) is 11.1. The van der Waals surface area contributed by atoms with Crippen molar-refractivity contribution < 1.29 is 34.3 Å². The first-order valence-electron chi connectivity index (χ1n) is 13.1. The summed E-state index contributed by atoms with van der Waals surface area (Å²) in [5.74, 6) is -1.96. The molecule has 6 aromatic carbocycles. The van der Waals surface area contributed by atoms with Crippen LogP contribution < -0.4 is 4.89 Å². The molecule has 11 heteroatoms. The lowest BCUT2D eigenvalue weighted by Crippen LogP contribution is -2.12. The maximum atomic E-state index is 13.3. The molecule has 0 atom stereocenters. The van der Waals surface area contributed by atoms with E-state index in [-0.39, 0.29) is 38.5 Å². The van der Waals surface area contributed by atoms with Crippen molar-refractivity contribution >= 4 is 66.4 Å². The average molecular weight is 579 g/mol. The van der Waals surface area contributed by atoms with Crippen molar-refractivity contribution in [2.24, 2.45) is 0 Å². The Balaban J connectivity index is 1.57. The number of carbonyl (C=O) groups is 2. The number of fused-ring (bicyclic) bond motifs is 2. The summed E-state index contributed by atoms with van der Waals surface area (Å²) in [4.78, 5) is 58.5. The van der Waals surface area contributed by atoms with Crippen LogP contribution in [0.15, 0.2) is 72.8 Å². The number of aromatic carboxylic acids is 1. The first-order valence-corrected chi connectivity index (χ1v) is 13.1. The van der Waals surface area contributed by atoms with E-state index in [9.17, 15) is 34.9 Å². The Morgan fingerprint density at radius 3 is 1.58 bits per heavy atom. The second-order valence-electron chi connectivity index (χ2n) is 11.1. The molecule has 0 saturated heterocycles. The van der Waals surface area contributed by atoms with Gasteiger partial charge in [-0.25, -0.2) is 14.5 Å². The molecule has 0 aliphatic rings. The summed E-state index contributed by atoms with van der Waals surface area (Å²) in [6.07, 6.45) is 0. The predicted molar refractivity (Wildman–Crippen MR) is 159 cm³/mol. The number of nitro groups is 2. The minimum Gasteiger partial charge on any atom is -0.478 e. The highest BCUT2D eigenvalue weighted by Crippen LogP contribution is 2.47. The van der Waals surface area contributed by atoms with Gasteiger partial charge in [-0.2, -0.15) is 0 Å². The van der Waals surface area contributed by atoms with Crippen molar-refractivity contribution in [3.63, 3.8) is 0 Å². The van der Waals surface area contributed by atoms with Gasteiger partial charge in [0.25, 0.3) is 11.4 Å². The number of rotatable bonds is 6. The topological polar surface area (TPSA) is 159 Å². The van der Waals surface area contributed by atoms with Crippen LogP contribution in [0.1, 0.15) is 47.1 Å². The summed E-state index contributed by atoms with van der Waals surface area (Å²) in [6.45, 7) is 6.17. The van der Waals surface area contributed by atoms with E-state index in [0.717, 1.165) is 5.56 Å². The Hall–Kier alpha value is -5.84. The van der Waals surface area contributed by atoms with Gasteiger partial charge >= 0.3 is 11.9 Å². The molecule has 0 aliphatic carbocycles. The molecule has 43 heavy (non-hydrogen) atoms. The first-order chi connectivity index (χ1) is 20.4. The minimum absolute atomic E-state index is 0.0761. The zero-order chi connectivity index (χ0) is 30.8. The van der Waals surface area contributed by atoms with Crippen molar-refractivity contribution in [2.75, 3.05) is 0 Å².